The van der Waals surface area contributed by atoms with E-state index in [-0.39, 0.29) is 6.54 Å². The van der Waals surface area contributed by atoms with Crippen LogP contribution in [0, 0.1) is 0 Å². The average molecular weight is 325 g/mol. The highest BCUT2D eigenvalue weighted by Gasteiger charge is 2.36. The van der Waals surface area contributed by atoms with E-state index in [1.807, 2.05) is 0 Å². The van der Waals surface area contributed by atoms with Gasteiger partial charge in [0.1, 0.15) is 18.3 Å². The summed E-state index contributed by atoms with van der Waals surface area (Å²) in [5, 5.41) is 28.8. The third kappa shape index (κ3) is 2.75. The number of aromatic carboxylic acids is 1. The van der Waals surface area contributed by atoms with Crippen LogP contribution in [0.5, 0.6) is 5.75 Å². The van der Waals surface area contributed by atoms with Crippen molar-refractivity contribution in [3.05, 3.63) is 27.7 Å². The molecule has 1 aliphatic heterocycles. The van der Waals surface area contributed by atoms with Gasteiger partial charge in [-0.05, 0) is 0 Å². The van der Waals surface area contributed by atoms with Gasteiger partial charge in [0.2, 0.25) is 11.3 Å². The molecule has 0 fully saturated rings. The van der Waals surface area contributed by atoms with Crippen LogP contribution in [-0.4, -0.2) is 74.3 Å². The number of carbonyl (C=O) groups is 3. The van der Waals surface area contributed by atoms with Gasteiger partial charge >= 0.3 is 5.97 Å². The molecule has 2 heterocycles. The minimum absolute atomic E-state index is 0.282. The second-order valence-corrected chi connectivity index (χ2v) is 5.23. The summed E-state index contributed by atoms with van der Waals surface area (Å²) in [5.41, 5.74) is -2.38. The Morgan fingerprint density at radius 2 is 1.96 bits per heavy atom. The summed E-state index contributed by atoms with van der Waals surface area (Å²) in [5.74, 6) is -3.99. The summed E-state index contributed by atoms with van der Waals surface area (Å²) in [7, 11) is 2.94. The molecule has 0 saturated heterocycles. The maximum Gasteiger partial charge on any atom is 0.341 e. The van der Waals surface area contributed by atoms with Gasteiger partial charge in [0, 0.05) is 20.3 Å². The number of nitrogens with zero attached hydrogens (tertiary/aromatic N) is 3. The van der Waals surface area contributed by atoms with Gasteiger partial charge in [-0.25, -0.2) is 4.79 Å². The molecular weight excluding hydrogens is 310 g/mol. The number of fused-ring (bicyclic) bond motifs is 1. The van der Waals surface area contributed by atoms with E-state index in [0.717, 1.165) is 15.7 Å². The normalized spacial score (nSPS) is 16.9. The van der Waals surface area contributed by atoms with Crippen molar-refractivity contribution in [2.45, 2.75) is 12.8 Å². The van der Waals surface area contributed by atoms with Gasteiger partial charge in [-0.3, -0.25) is 14.4 Å². The first-order valence-corrected chi connectivity index (χ1v) is 6.54. The van der Waals surface area contributed by atoms with Crippen LogP contribution in [0.3, 0.4) is 0 Å². The number of rotatable bonds is 3. The van der Waals surface area contributed by atoms with Gasteiger partial charge in [-0.15, -0.1) is 0 Å². The monoisotopic (exact) mass is 325 g/mol. The molecule has 1 aromatic heterocycles. The van der Waals surface area contributed by atoms with E-state index < -0.39 is 53.0 Å². The Balaban J connectivity index is 2.51. The van der Waals surface area contributed by atoms with Crippen LogP contribution in [0.15, 0.2) is 11.0 Å². The summed E-state index contributed by atoms with van der Waals surface area (Å²) in [6.45, 7) is -0.725. The molecular formula is C13H15N3O7. The van der Waals surface area contributed by atoms with Gasteiger partial charge in [-0.1, -0.05) is 0 Å². The van der Waals surface area contributed by atoms with Crippen molar-refractivity contribution in [3.8, 4) is 5.75 Å². The van der Waals surface area contributed by atoms with Crippen molar-refractivity contribution in [2.24, 2.45) is 0 Å². The number of pyridine rings is 1. The SMILES string of the molecule is CN(C)C(=O)CN1C(=O)c2c(O)c(=O)c(C(=O)O)cn2CC1O. The van der Waals surface area contributed by atoms with Gasteiger partial charge in [0.25, 0.3) is 5.91 Å². The van der Waals surface area contributed by atoms with Crippen LogP contribution < -0.4 is 5.43 Å². The molecule has 1 unspecified atom stereocenters. The highest BCUT2D eigenvalue weighted by atomic mass is 16.4. The second-order valence-electron chi connectivity index (χ2n) is 5.23. The fraction of sp³-hybridized carbons (Fsp3) is 0.385. The van der Waals surface area contributed by atoms with Crippen molar-refractivity contribution in [1.82, 2.24) is 14.4 Å². The topological polar surface area (TPSA) is 140 Å². The lowest BCUT2D eigenvalue weighted by Crippen LogP contribution is -2.52. The Hall–Kier alpha value is -2.88. The van der Waals surface area contributed by atoms with Gasteiger partial charge in [-0.2, -0.15) is 0 Å². The molecule has 1 aromatic rings. The first-order chi connectivity index (χ1) is 10.6. The summed E-state index contributed by atoms with van der Waals surface area (Å²) in [4.78, 5) is 48.9. The highest BCUT2D eigenvalue weighted by Crippen LogP contribution is 2.22. The molecule has 124 valence electrons. The number of aromatic hydroxyl groups is 1. The molecule has 0 bridgehead atoms. The van der Waals surface area contributed by atoms with Crippen molar-refractivity contribution < 1.29 is 29.7 Å². The molecule has 0 saturated carbocycles. The molecule has 0 radical (unpaired) electrons. The Morgan fingerprint density at radius 3 is 2.48 bits per heavy atom. The zero-order valence-corrected chi connectivity index (χ0v) is 12.4. The van der Waals surface area contributed by atoms with E-state index in [1.54, 1.807) is 0 Å². The molecule has 0 aliphatic carbocycles. The number of hydrogen-bond acceptors (Lipinski definition) is 6. The molecule has 23 heavy (non-hydrogen) atoms. The lowest BCUT2D eigenvalue weighted by Gasteiger charge is -2.34. The van der Waals surface area contributed by atoms with Crippen LogP contribution >= 0.6 is 0 Å². The first kappa shape index (κ1) is 16.5. The fourth-order valence-corrected chi connectivity index (χ4v) is 2.18. The smallest absolute Gasteiger partial charge is 0.341 e. The van der Waals surface area contributed by atoms with Gasteiger partial charge < -0.3 is 29.7 Å². The standard InChI is InChI=1S/C13H15N3O7/c1-14(2)7(17)5-16-8(18)4-15-3-6(13(22)23)10(19)11(20)9(15)12(16)21/h3,8,18,20H,4-5H2,1-2H3,(H,22,23). The number of carboxylic acid groups (broad SMARTS) is 1. The summed E-state index contributed by atoms with van der Waals surface area (Å²) < 4.78 is 0.990. The van der Waals surface area contributed by atoms with Gasteiger partial charge in [0.05, 0.1) is 6.54 Å². The fourth-order valence-electron chi connectivity index (χ4n) is 2.18. The largest absolute Gasteiger partial charge is 0.503 e. The predicted octanol–water partition coefficient (Wildman–Crippen LogP) is -1.89. The third-order valence-electron chi connectivity index (χ3n) is 3.47. The Morgan fingerprint density at radius 1 is 1.35 bits per heavy atom. The number of carboxylic acids is 1. The Kier molecular flexibility index (Phi) is 4.10. The lowest BCUT2D eigenvalue weighted by molar-refractivity contribution is -0.132. The van der Waals surface area contributed by atoms with Crippen LogP contribution in [0.25, 0.3) is 0 Å². The third-order valence-corrected chi connectivity index (χ3v) is 3.47. The van der Waals surface area contributed by atoms with E-state index in [1.165, 1.54) is 19.0 Å². The summed E-state index contributed by atoms with van der Waals surface area (Å²) in [6.07, 6.45) is -0.520. The quantitative estimate of drug-likeness (QED) is 0.590. The van der Waals surface area contributed by atoms with Crippen LogP contribution in [0.4, 0.5) is 0 Å². The van der Waals surface area contributed by atoms with Crippen LogP contribution in [0.2, 0.25) is 0 Å². The van der Waals surface area contributed by atoms with E-state index in [9.17, 15) is 29.4 Å². The number of hydrogen-bond donors (Lipinski definition) is 3. The predicted molar refractivity (Wildman–Crippen MR) is 75.1 cm³/mol. The average Bonchev–Trinajstić information content (AvgIpc) is 2.46. The maximum atomic E-state index is 12.4. The van der Waals surface area contributed by atoms with E-state index in [0.29, 0.717) is 0 Å². The molecule has 0 spiro atoms. The van der Waals surface area contributed by atoms with E-state index in [2.05, 4.69) is 0 Å². The van der Waals surface area contributed by atoms with Crippen molar-refractivity contribution in [2.75, 3.05) is 20.6 Å². The molecule has 3 N–H and O–H groups in total. The molecule has 10 heteroatoms. The zero-order chi connectivity index (χ0) is 17.5. The van der Waals surface area contributed by atoms with Crippen molar-refractivity contribution in [3.63, 3.8) is 0 Å². The van der Waals surface area contributed by atoms with Crippen LogP contribution in [-0.2, 0) is 11.3 Å². The van der Waals surface area contributed by atoms with Crippen LogP contribution in [0.1, 0.15) is 20.8 Å². The number of likely N-dealkylation sites (N-methyl/N-ethyl adjacent to an activating group) is 1. The molecule has 0 aromatic carbocycles. The van der Waals surface area contributed by atoms with Crippen molar-refractivity contribution >= 4 is 17.8 Å². The maximum absolute atomic E-state index is 12.4. The number of aliphatic hydroxyl groups excluding tert-OH is 1. The Labute approximate surface area is 129 Å². The highest BCUT2D eigenvalue weighted by molar-refractivity contribution is 5.99. The van der Waals surface area contributed by atoms with Gasteiger partial charge in [0.15, 0.2) is 11.4 Å². The second kappa shape index (κ2) is 5.72. The van der Waals surface area contributed by atoms with E-state index >= 15 is 0 Å². The summed E-state index contributed by atoms with van der Waals surface area (Å²) >= 11 is 0. The molecule has 10 nitrogen and oxygen atoms in total. The molecule has 1 atom stereocenters. The number of aromatic nitrogens is 1. The molecule has 2 amide bonds. The summed E-state index contributed by atoms with van der Waals surface area (Å²) in [6, 6.07) is 0. The van der Waals surface area contributed by atoms with Crippen molar-refractivity contribution in [1.29, 1.82) is 0 Å². The minimum Gasteiger partial charge on any atom is -0.503 e. The number of carbonyl (C=O) groups excluding carboxylic acids is 2. The number of amides is 2. The number of aliphatic hydroxyl groups is 1. The molecule has 2 rings (SSSR count). The first-order valence-electron chi connectivity index (χ1n) is 6.54. The van der Waals surface area contributed by atoms with E-state index in [4.69, 9.17) is 5.11 Å². The Bertz CT molecular complexity index is 753. The lowest BCUT2D eigenvalue weighted by atomic mass is 10.1. The molecule has 1 aliphatic rings. The zero-order valence-electron chi connectivity index (χ0n) is 12.4. The minimum atomic E-state index is -1.56.